The molecule has 1 fully saturated rings. The van der Waals surface area contributed by atoms with Crippen LogP contribution in [-0.2, 0) is 11.3 Å². The van der Waals surface area contributed by atoms with Gasteiger partial charge in [0.15, 0.2) is 0 Å². The van der Waals surface area contributed by atoms with Gasteiger partial charge in [0.05, 0.1) is 16.8 Å². The van der Waals surface area contributed by atoms with Crippen molar-refractivity contribution in [2.45, 2.75) is 52.3 Å². The Morgan fingerprint density at radius 1 is 1.48 bits per heavy atom. The molecule has 2 heterocycles. The second-order valence-corrected chi connectivity index (χ2v) is 6.21. The van der Waals surface area contributed by atoms with E-state index in [-0.39, 0.29) is 0 Å². The molecule has 21 heavy (non-hydrogen) atoms. The summed E-state index contributed by atoms with van der Waals surface area (Å²) in [6, 6.07) is 4.38. The first-order chi connectivity index (χ1) is 10.1. The summed E-state index contributed by atoms with van der Waals surface area (Å²) in [5, 5.41) is 4.10. The zero-order chi connectivity index (χ0) is 15.2. The molecule has 0 radical (unpaired) electrons. The molecule has 5 heteroatoms. The van der Waals surface area contributed by atoms with Gasteiger partial charge in [-0.25, -0.2) is 4.98 Å². The van der Waals surface area contributed by atoms with Gasteiger partial charge in [0.1, 0.15) is 5.82 Å². The van der Waals surface area contributed by atoms with E-state index in [9.17, 15) is 0 Å². The van der Waals surface area contributed by atoms with E-state index in [2.05, 4.69) is 31.0 Å². The minimum absolute atomic E-state index is 0.318. The summed E-state index contributed by atoms with van der Waals surface area (Å²) in [5.74, 6) is 1.00. The van der Waals surface area contributed by atoms with E-state index in [1.165, 1.54) is 0 Å². The summed E-state index contributed by atoms with van der Waals surface area (Å²) in [4.78, 5) is 7.04. The number of anilines is 1. The monoisotopic (exact) mass is 311 g/mol. The maximum Gasteiger partial charge on any atom is 0.129 e. The molecule has 118 valence electrons. The molecule has 4 nitrogen and oxygen atoms in total. The van der Waals surface area contributed by atoms with E-state index < -0.39 is 0 Å². The number of piperidine rings is 1. The fourth-order valence-electron chi connectivity index (χ4n) is 2.59. The van der Waals surface area contributed by atoms with E-state index in [0.29, 0.717) is 18.7 Å². The largest absolute Gasteiger partial charge is 0.377 e. The number of hydrogen-bond acceptors (Lipinski definition) is 4. The third-order valence-electron chi connectivity index (χ3n) is 3.69. The smallest absolute Gasteiger partial charge is 0.129 e. The van der Waals surface area contributed by atoms with Crippen LogP contribution in [0.25, 0.3) is 0 Å². The average molecular weight is 312 g/mol. The van der Waals surface area contributed by atoms with Crippen molar-refractivity contribution in [2.75, 3.05) is 24.6 Å². The first-order valence-electron chi connectivity index (χ1n) is 7.85. The molecule has 2 rings (SSSR count). The van der Waals surface area contributed by atoms with Gasteiger partial charge in [0.25, 0.3) is 0 Å². The summed E-state index contributed by atoms with van der Waals surface area (Å²) in [7, 11) is 0. The van der Waals surface area contributed by atoms with Crippen molar-refractivity contribution in [1.29, 1.82) is 0 Å². The predicted octanol–water partition coefficient (Wildman–Crippen LogP) is 3.24. The molecule has 0 aliphatic carbocycles. The molecule has 1 aromatic heterocycles. The summed E-state index contributed by atoms with van der Waals surface area (Å²) in [6.45, 7) is 9.72. The fourth-order valence-corrected chi connectivity index (χ4v) is 2.76. The molecular formula is C16H26ClN3O. The van der Waals surface area contributed by atoms with Crippen molar-refractivity contribution >= 4 is 17.4 Å². The van der Waals surface area contributed by atoms with Gasteiger partial charge in [0.2, 0.25) is 0 Å². The Hall–Kier alpha value is -0.840. The van der Waals surface area contributed by atoms with E-state index in [1.807, 2.05) is 12.1 Å². The normalized spacial score (nSPS) is 19.3. The maximum atomic E-state index is 6.25. The fraction of sp³-hybridized carbons (Fsp3) is 0.688. The lowest BCUT2D eigenvalue weighted by atomic mass is 10.1. The van der Waals surface area contributed by atoms with Crippen LogP contribution in [0.5, 0.6) is 0 Å². The van der Waals surface area contributed by atoms with E-state index in [0.717, 1.165) is 49.1 Å². The van der Waals surface area contributed by atoms with E-state index in [4.69, 9.17) is 21.3 Å². The van der Waals surface area contributed by atoms with Crippen molar-refractivity contribution in [3.63, 3.8) is 0 Å². The van der Waals surface area contributed by atoms with Gasteiger partial charge >= 0.3 is 0 Å². The lowest BCUT2D eigenvalue weighted by Crippen LogP contribution is -2.40. The molecular weight excluding hydrogens is 286 g/mol. The zero-order valence-electron chi connectivity index (χ0n) is 13.2. The SMILES string of the molecule is CCOC1CCCN(c2ccc(Cl)c(CNC(C)C)n2)C1. The topological polar surface area (TPSA) is 37.4 Å². The van der Waals surface area contributed by atoms with E-state index >= 15 is 0 Å². The zero-order valence-corrected chi connectivity index (χ0v) is 14.0. The van der Waals surface area contributed by atoms with Crippen LogP contribution >= 0.6 is 11.6 Å². The standard InChI is InChI=1S/C16H26ClN3O/c1-4-21-13-6-5-9-20(11-13)16-8-7-14(17)15(19-16)10-18-12(2)3/h7-8,12-13,18H,4-6,9-11H2,1-3H3. The van der Waals surface area contributed by atoms with Gasteiger partial charge in [-0.15, -0.1) is 0 Å². The highest BCUT2D eigenvalue weighted by atomic mass is 35.5. The van der Waals surface area contributed by atoms with Crippen LogP contribution in [0.15, 0.2) is 12.1 Å². The average Bonchev–Trinajstić information content (AvgIpc) is 2.47. The lowest BCUT2D eigenvalue weighted by Gasteiger charge is -2.33. The van der Waals surface area contributed by atoms with E-state index in [1.54, 1.807) is 0 Å². The second-order valence-electron chi connectivity index (χ2n) is 5.80. The number of hydrogen-bond donors (Lipinski definition) is 1. The van der Waals surface area contributed by atoms with Gasteiger partial charge in [-0.1, -0.05) is 25.4 Å². The van der Waals surface area contributed by atoms with Gasteiger partial charge in [-0.2, -0.15) is 0 Å². The second kappa shape index (κ2) is 7.97. The van der Waals surface area contributed by atoms with Crippen molar-refractivity contribution in [1.82, 2.24) is 10.3 Å². The van der Waals surface area contributed by atoms with Gasteiger partial charge in [-0.3, -0.25) is 0 Å². The minimum atomic E-state index is 0.318. The predicted molar refractivity (Wildman–Crippen MR) is 88.1 cm³/mol. The molecule has 1 saturated heterocycles. The number of pyridine rings is 1. The number of nitrogens with zero attached hydrogens (tertiary/aromatic N) is 2. The first-order valence-corrected chi connectivity index (χ1v) is 8.23. The molecule has 0 aromatic carbocycles. The van der Waals surface area contributed by atoms with Gasteiger partial charge in [-0.05, 0) is 31.9 Å². The third kappa shape index (κ3) is 4.83. The highest BCUT2D eigenvalue weighted by Crippen LogP contribution is 2.23. The van der Waals surface area contributed by atoms with Crippen LogP contribution in [0.1, 0.15) is 39.3 Å². The molecule has 1 aliphatic heterocycles. The van der Waals surface area contributed by atoms with Crippen molar-refractivity contribution in [3.05, 3.63) is 22.8 Å². The van der Waals surface area contributed by atoms with Crippen LogP contribution in [0.3, 0.4) is 0 Å². The summed E-state index contributed by atoms with van der Waals surface area (Å²) in [5.41, 5.74) is 0.918. The molecule has 1 aliphatic rings. The molecule has 1 N–H and O–H groups in total. The number of nitrogens with one attached hydrogen (secondary N) is 1. The Kier molecular flexibility index (Phi) is 6.27. The Bertz CT molecular complexity index is 451. The molecule has 0 spiro atoms. The molecule has 0 saturated carbocycles. The van der Waals surface area contributed by atoms with Crippen molar-refractivity contribution in [3.8, 4) is 0 Å². The molecule has 1 aromatic rings. The third-order valence-corrected chi connectivity index (χ3v) is 4.03. The lowest BCUT2D eigenvalue weighted by molar-refractivity contribution is 0.0525. The Morgan fingerprint density at radius 2 is 2.29 bits per heavy atom. The maximum absolute atomic E-state index is 6.25. The number of ether oxygens (including phenoxy) is 1. The van der Waals surface area contributed by atoms with Crippen LogP contribution in [0, 0.1) is 0 Å². The summed E-state index contributed by atoms with van der Waals surface area (Å²) < 4.78 is 5.76. The Morgan fingerprint density at radius 3 is 3.00 bits per heavy atom. The van der Waals surface area contributed by atoms with Crippen molar-refractivity contribution < 1.29 is 4.74 Å². The highest BCUT2D eigenvalue weighted by Gasteiger charge is 2.21. The van der Waals surface area contributed by atoms with Crippen LogP contribution < -0.4 is 10.2 Å². The number of rotatable bonds is 6. The number of aromatic nitrogens is 1. The van der Waals surface area contributed by atoms with Gasteiger partial charge in [0, 0.05) is 32.3 Å². The van der Waals surface area contributed by atoms with Crippen molar-refractivity contribution in [2.24, 2.45) is 0 Å². The highest BCUT2D eigenvalue weighted by molar-refractivity contribution is 6.31. The molecule has 0 amide bonds. The Labute approximate surface area is 132 Å². The van der Waals surface area contributed by atoms with Crippen LogP contribution in [0.2, 0.25) is 5.02 Å². The van der Waals surface area contributed by atoms with Crippen LogP contribution in [0.4, 0.5) is 5.82 Å². The first kappa shape index (κ1) is 16.5. The number of halogens is 1. The molecule has 0 bridgehead atoms. The molecule has 1 unspecified atom stereocenters. The summed E-state index contributed by atoms with van der Waals surface area (Å²) in [6.07, 6.45) is 2.60. The summed E-state index contributed by atoms with van der Waals surface area (Å²) >= 11 is 6.25. The molecule has 1 atom stereocenters. The Balaban J connectivity index is 2.06. The van der Waals surface area contributed by atoms with Crippen LogP contribution in [-0.4, -0.2) is 36.8 Å². The quantitative estimate of drug-likeness (QED) is 0.875. The van der Waals surface area contributed by atoms with Gasteiger partial charge < -0.3 is 15.0 Å². The minimum Gasteiger partial charge on any atom is -0.377 e.